The van der Waals surface area contributed by atoms with Crippen molar-refractivity contribution in [3.8, 4) is 0 Å². The highest BCUT2D eigenvalue weighted by atomic mass is 32.2. The molecule has 18 heavy (non-hydrogen) atoms. The summed E-state index contributed by atoms with van der Waals surface area (Å²) >= 11 is 1.41. The Morgan fingerprint density at radius 1 is 1.06 bits per heavy atom. The zero-order valence-corrected chi connectivity index (χ0v) is 11.5. The smallest absolute Gasteiger partial charge is 0.194 e. The summed E-state index contributed by atoms with van der Waals surface area (Å²) in [6.45, 7) is 5.89. The van der Waals surface area contributed by atoms with Crippen molar-refractivity contribution in [3.05, 3.63) is 29.3 Å². The summed E-state index contributed by atoms with van der Waals surface area (Å²) in [4.78, 5) is 17.3. The summed E-state index contributed by atoms with van der Waals surface area (Å²) < 4.78 is 0. The zero-order valence-electron chi connectivity index (χ0n) is 10.6. The van der Waals surface area contributed by atoms with Crippen molar-refractivity contribution in [2.75, 3.05) is 5.73 Å². The van der Waals surface area contributed by atoms with E-state index in [4.69, 9.17) is 5.73 Å². The third kappa shape index (κ3) is 3.16. The van der Waals surface area contributed by atoms with E-state index in [0.29, 0.717) is 11.0 Å². The molecule has 0 fully saturated rings. The molecule has 0 radical (unpaired) electrons. The van der Waals surface area contributed by atoms with Crippen LogP contribution in [0.25, 0.3) is 0 Å². The van der Waals surface area contributed by atoms with E-state index in [1.165, 1.54) is 11.8 Å². The van der Waals surface area contributed by atoms with Gasteiger partial charge in [0.15, 0.2) is 5.16 Å². The first kappa shape index (κ1) is 12.8. The van der Waals surface area contributed by atoms with Crippen LogP contribution in [0.3, 0.4) is 0 Å². The molecule has 0 aromatic carbocycles. The van der Waals surface area contributed by atoms with Crippen molar-refractivity contribution < 1.29 is 0 Å². The van der Waals surface area contributed by atoms with Gasteiger partial charge in [-0.05, 0) is 31.7 Å². The minimum Gasteiger partial charge on any atom is -0.384 e. The van der Waals surface area contributed by atoms with E-state index < -0.39 is 0 Å². The maximum Gasteiger partial charge on any atom is 0.194 e. The first-order valence-electron chi connectivity index (χ1n) is 5.70. The molecular weight excluding hydrogens is 246 g/mol. The minimum atomic E-state index is 0.480. The summed E-state index contributed by atoms with van der Waals surface area (Å²) in [6.07, 6.45) is 0.756. The van der Waals surface area contributed by atoms with Gasteiger partial charge in [0, 0.05) is 23.9 Å². The fourth-order valence-corrected chi connectivity index (χ4v) is 2.43. The highest BCUT2D eigenvalue weighted by molar-refractivity contribution is 7.99. The van der Waals surface area contributed by atoms with Gasteiger partial charge >= 0.3 is 0 Å². The van der Waals surface area contributed by atoms with Gasteiger partial charge in [-0.1, -0.05) is 6.92 Å². The summed E-state index contributed by atoms with van der Waals surface area (Å²) in [6, 6.07) is 3.68. The lowest BCUT2D eigenvalue weighted by molar-refractivity contribution is 0.876. The second kappa shape index (κ2) is 5.30. The summed E-state index contributed by atoms with van der Waals surface area (Å²) in [5, 5.41) is 1.47. The highest BCUT2D eigenvalue weighted by Gasteiger charge is 2.06. The molecule has 0 amide bonds. The number of rotatable bonds is 3. The van der Waals surface area contributed by atoms with Crippen LogP contribution < -0.4 is 5.73 Å². The van der Waals surface area contributed by atoms with Crippen molar-refractivity contribution in [1.29, 1.82) is 0 Å². The molecule has 0 atom stereocenters. The van der Waals surface area contributed by atoms with Gasteiger partial charge in [-0.3, -0.25) is 0 Å². The molecule has 0 aliphatic heterocycles. The molecule has 0 saturated carbocycles. The quantitative estimate of drug-likeness (QED) is 0.674. The SMILES string of the molecule is CCc1nc(N)cc(Sc2nc(C)cc(C)n2)n1. The van der Waals surface area contributed by atoms with E-state index in [1.807, 2.05) is 26.8 Å². The van der Waals surface area contributed by atoms with Crippen LogP contribution in [-0.4, -0.2) is 19.9 Å². The maximum absolute atomic E-state index is 5.74. The van der Waals surface area contributed by atoms with E-state index >= 15 is 0 Å². The number of hydrogen-bond donors (Lipinski definition) is 1. The van der Waals surface area contributed by atoms with Gasteiger partial charge in [-0.15, -0.1) is 0 Å². The zero-order chi connectivity index (χ0) is 13.1. The van der Waals surface area contributed by atoms with Crippen LogP contribution in [0.4, 0.5) is 5.82 Å². The molecule has 6 heteroatoms. The normalized spacial score (nSPS) is 10.6. The average molecular weight is 261 g/mol. The lowest BCUT2D eigenvalue weighted by atomic mass is 10.4. The standard InChI is InChI=1S/C12H15N5S/c1-4-10-16-9(13)6-11(17-10)18-12-14-7(2)5-8(3)15-12/h5-6H,4H2,1-3H3,(H2,13,16,17). The first-order chi connectivity index (χ1) is 8.56. The van der Waals surface area contributed by atoms with Crippen LogP contribution in [0.15, 0.2) is 22.3 Å². The molecule has 0 bridgehead atoms. The van der Waals surface area contributed by atoms with Gasteiger partial charge < -0.3 is 5.73 Å². The van der Waals surface area contributed by atoms with Crippen molar-refractivity contribution in [1.82, 2.24) is 19.9 Å². The second-order valence-corrected chi connectivity index (χ2v) is 4.92. The Balaban J connectivity index is 2.30. The van der Waals surface area contributed by atoms with Crippen molar-refractivity contribution >= 4 is 17.6 Å². The van der Waals surface area contributed by atoms with Crippen LogP contribution in [0, 0.1) is 13.8 Å². The maximum atomic E-state index is 5.74. The number of nitrogen functional groups attached to an aromatic ring is 1. The molecule has 0 aliphatic rings. The monoisotopic (exact) mass is 261 g/mol. The molecule has 2 rings (SSSR count). The molecule has 2 aromatic rings. The Morgan fingerprint density at radius 3 is 2.33 bits per heavy atom. The lowest BCUT2D eigenvalue weighted by Crippen LogP contribution is -2.00. The van der Waals surface area contributed by atoms with Gasteiger partial charge in [-0.2, -0.15) is 0 Å². The number of anilines is 1. The average Bonchev–Trinajstić information content (AvgIpc) is 2.26. The van der Waals surface area contributed by atoms with Crippen molar-refractivity contribution in [2.45, 2.75) is 37.4 Å². The Morgan fingerprint density at radius 2 is 1.72 bits per heavy atom. The fourth-order valence-electron chi connectivity index (χ4n) is 1.54. The molecule has 0 spiro atoms. The Bertz CT molecular complexity index is 550. The van der Waals surface area contributed by atoms with Gasteiger partial charge in [-0.25, -0.2) is 19.9 Å². The Labute approximate surface area is 110 Å². The molecule has 5 nitrogen and oxygen atoms in total. The summed E-state index contributed by atoms with van der Waals surface area (Å²) in [5.74, 6) is 1.22. The molecule has 0 unspecified atom stereocenters. The summed E-state index contributed by atoms with van der Waals surface area (Å²) in [7, 11) is 0. The lowest BCUT2D eigenvalue weighted by Gasteiger charge is -2.04. The number of aromatic nitrogens is 4. The molecule has 2 N–H and O–H groups in total. The van der Waals surface area contributed by atoms with Gasteiger partial charge in [0.05, 0.1) is 0 Å². The summed E-state index contributed by atoms with van der Waals surface area (Å²) in [5.41, 5.74) is 7.64. The number of nitrogens with zero attached hydrogens (tertiary/aromatic N) is 4. The van der Waals surface area contributed by atoms with Crippen molar-refractivity contribution in [3.63, 3.8) is 0 Å². The van der Waals surface area contributed by atoms with Gasteiger partial charge in [0.2, 0.25) is 0 Å². The second-order valence-electron chi connectivity index (χ2n) is 3.94. The van der Waals surface area contributed by atoms with Crippen LogP contribution in [0.5, 0.6) is 0 Å². The molecular formula is C12H15N5S. The van der Waals surface area contributed by atoms with E-state index in [-0.39, 0.29) is 0 Å². The van der Waals surface area contributed by atoms with Crippen LogP contribution in [0.2, 0.25) is 0 Å². The Hall–Kier alpha value is -1.69. The molecule has 94 valence electrons. The van der Waals surface area contributed by atoms with Crippen LogP contribution >= 0.6 is 11.8 Å². The topological polar surface area (TPSA) is 77.6 Å². The van der Waals surface area contributed by atoms with E-state index in [0.717, 1.165) is 28.7 Å². The molecule has 0 aliphatic carbocycles. The van der Waals surface area contributed by atoms with E-state index in [2.05, 4.69) is 19.9 Å². The minimum absolute atomic E-state index is 0.480. The third-order valence-electron chi connectivity index (χ3n) is 2.24. The van der Waals surface area contributed by atoms with Crippen LogP contribution in [0.1, 0.15) is 24.1 Å². The van der Waals surface area contributed by atoms with Gasteiger partial charge in [0.1, 0.15) is 16.7 Å². The van der Waals surface area contributed by atoms with Gasteiger partial charge in [0.25, 0.3) is 0 Å². The molecule has 2 heterocycles. The predicted octanol–water partition coefficient (Wildman–Crippen LogP) is 2.18. The predicted molar refractivity (Wildman–Crippen MR) is 71.5 cm³/mol. The van der Waals surface area contributed by atoms with Crippen LogP contribution in [-0.2, 0) is 6.42 Å². The van der Waals surface area contributed by atoms with Crippen molar-refractivity contribution in [2.24, 2.45) is 0 Å². The number of aryl methyl sites for hydroxylation is 3. The highest BCUT2D eigenvalue weighted by Crippen LogP contribution is 2.24. The van der Waals surface area contributed by atoms with E-state index in [1.54, 1.807) is 6.07 Å². The van der Waals surface area contributed by atoms with E-state index in [9.17, 15) is 0 Å². The largest absolute Gasteiger partial charge is 0.384 e. The Kier molecular flexibility index (Phi) is 3.76. The third-order valence-corrected chi connectivity index (χ3v) is 3.03. The number of nitrogens with two attached hydrogens (primary N) is 1. The fraction of sp³-hybridized carbons (Fsp3) is 0.333. The molecule has 2 aromatic heterocycles. The first-order valence-corrected chi connectivity index (χ1v) is 6.52. The number of hydrogen-bond acceptors (Lipinski definition) is 6. The molecule has 0 saturated heterocycles.